The van der Waals surface area contributed by atoms with E-state index < -0.39 is 0 Å². The Morgan fingerprint density at radius 2 is 2.58 bits per heavy atom. The summed E-state index contributed by atoms with van der Waals surface area (Å²) in [6.07, 6.45) is 4.48. The second-order valence-electron chi connectivity index (χ2n) is 2.30. The van der Waals surface area contributed by atoms with Gasteiger partial charge in [-0.05, 0) is 6.07 Å². The fraction of sp³-hybridized carbons (Fsp3) is 0.250. The third-order valence-corrected chi connectivity index (χ3v) is 1.56. The van der Waals surface area contributed by atoms with Crippen molar-refractivity contribution >= 4 is 0 Å². The zero-order valence-corrected chi connectivity index (χ0v) is 6.55. The van der Waals surface area contributed by atoms with E-state index in [4.69, 9.17) is 5.11 Å². The standard InChI is InChI=1S/C8H10N2O2/c1-2-7(6-11)10-5-3-4-9-8(10)12/h2-5,7,11H,1,6H2. The number of nitrogens with zero attached hydrogens (tertiary/aromatic N) is 2. The first-order chi connectivity index (χ1) is 5.79. The Hall–Kier alpha value is -1.42. The van der Waals surface area contributed by atoms with E-state index in [9.17, 15) is 4.79 Å². The molecule has 0 amide bonds. The Morgan fingerprint density at radius 3 is 3.08 bits per heavy atom. The van der Waals surface area contributed by atoms with Crippen molar-refractivity contribution < 1.29 is 5.11 Å². The minimum Gasteiger partial charge on any atom is -0.394 e. The van der Waals surface area contributed by atoms with Gasteiger partial charge >= 0.3 is 5.69 Å². The van der Waals surface area contributed by atoms with Gasteiger partial charge in [0.25, 0.3) is 0 Å². The monoisotopic (exact) mass is 166 g/mol. The molecule has 4 heteroatoms. The SMILES string of the molecule is C=CC(CO)n1cccnc1=O. The van der Waals surface area contributed by atoms with Crippen LogP contribution in [0.3, 0.4) is 0 Å². The highest BCUT2D eigenvalue weighted by Crippen LogP contribution is 2.00. The van der Waals surface area contributed by atoms with E-state index in [-0.39, 0.29) is 18.3 Å². The number of hydrogen-bond donors (Lipinski definition) is 1. The first-order valence-electron chi connectivity index (χ1n) is 3.56. The number of rotatable bonds is 3. The Morgan fingerprint density at radius 1 is 1.83 bits per heavy atom. The lowest BCUT2D eigenvalue weighted by Gasteiger charge is -2.10. The minimum absolute atomic E-state index is 0.144. The zero-order chi connectivity index (χ0) is 8.97. The van der Waals surface area contributed by atoms with Crippen LogP contribution in [0.15, 0.2) is 35.9 Å². The molecule has 0 aromatic carbocycles. The van der Waals surface area contributed by atoms with Crippen LogP contribution in [0.4, 0.5) is 0 Å². The third kappa shape index (κ3) is 1.60. The molecular formula is C8H10N2O2. The molecule has 0 bridgehead atoms. The van der Waals surface area contributed by atoms with Crippen molar-refractivity contribution in [1.82, 2.24) is 9.55 Å². The van der Waals surface area contributed by atoms with Gasteiger partial charge in [-0.15, -0.1) is 6.58 Å². The normalized spacial score (nSPS) is 12.4. The lowest BCUT2D eigenvalue weighted by Crippen LogP contribution is -2.26. The van der Waals surface area contributed by atoms with Gasteiger partial charge in [-0.3, -0.25) is 4.57 Å². The van der Waals surface area contributed by atoms with Crippen LogP contribution in [0.25, 0.3) is 0 Å². The number of aliphatic hydroxyl groups excluding tert-OH is 1. The van der Waals surface area contributed by atoms with Crippen LogP contribution in [-0.2, 0) is 0 Å². The van der Waals surface area contributed by atoms with E-state index in [0.717, 1.165) is 0 Å². The molecular weight excluding hydrogens is 156 g/mol. The first-order valence-corrected chi connectivity index (χ1v) is 3.56. The van der Waals surface area contributed by atoms with E-state index in [1.165, 1.54) is 16.8 Å². The van der Waals surface area contributed by atoms with Crippen LogP contribution in [-0.4, -0.2) is 21.3 Å². The predicted octanol–water partition coefficient (Wildman–Crippen LogP) is -0.0373. The summed E-state index contributed by atoms with van der Waals surface area (Å²) < 4.78 is 1.33. The van der Waals surface area contributed by atoms with E-state index >= 15 is 0 Å². The van der Waals surface area contributed by atoms with Crippen LogP contribution in [0.5, 0.6) is 0 Å². The Bertz CT molecular complexity index is 319. The van der Waals surface area contributed by atoms with Crippen molar-refractivity contribution in [2.45, 2.75) is 6.04 Å². The van der Waals surface area contributed by atoms with Gasteiger partial charge in [0.15, 0.2) is 0 Å². The van der Waals surface area contributed by atoms with Gasteiger partial charge in [0, 0.05) is 12.4 Å². The lowest BCUT2D eigenvalue weighted by atomic mass is 10.3. The predicted molar refractivity (Wildman–Crippen MR) is 44.8 cm³/mol. The molecule has 0 saturated heterocycles. The molecule has 0 fully saturated rings. The van der Waals surface area contributed by atoms with Crippen molar-refractivity contribution in [3.8, 4) is 0 Å². The first kappa shape index (κ1) is 8.67. The van der Waals surface area contributed by atoms with E-state index in [0.29, 0.717) is 0 Å². The summed E-state index contributed by atoms with van der Waals surface area (Å²) in [6, 6.07) is 1.25. The summed E-state index contributed by atoms with van der Waals surface area (Å²) >= 11 is 0. The summed E-state index contributed by atoms with van der Waals surface area (Å²) in [5, 5.41) is 8.85. The average molecular weight is 166 g/mol. The molecule has 0 spiro atoms. The van der Waals surface area contributed by atoms with Crippen molar-refractivity contribution in [3.05, 3.63) is 41.6 Å². The van der Waals surface area contributed by atoms with Gasteiger partial charge in [0.05, 0.1) is 12.6 Å². The topological polar surface area (TPSA) is 55.1 Å². The van der Waals surface area contributed by atoms with Gasteiger partial charge in [-0.2, -0.15) is 0 Å². The van der Waals surface area contributed by atoms with Gasteiger partial charge in [0.1, 0.15) is 0 Å². The summed E-state index contributed by atoms with van der Waals surface area (Å²) in [6.45, 7) is 3.36. The second-order valence-corrected chi connectivity index (χ2v) is 2.30. The molecule has 1 atom stereocenters. The maximum Gasteiger partial charge on any atom is 0.348 e. The molecule has 0 aliphatic carbocycles. The van der Waals surface area contributed by atoms with E-state index in [1.807, 2.05) is 0 Å². The van der Waals surface area contributed by atoms with Crippen LogP contribution >= 0.6 is 0 Å². The summed E-state index contributed by atoms with van der Waals surface area (Å²) in [4.78, 5) is 14.6. The van der Waals surface area contributed by atoms with Crippen molar-refractivity contribution in [2.24, 2.45) is 0 Å². The molecule has 1 heterocycles. The van der Waals surface area contributed by atoms with Crippen LogP contribution in [0.1, 0.15) is 6.04 Å². The molecule has 0 aliphatic rings. The largest absolute Gasteiger partial charge is 0.394 e. The molecule has 0 saturated carbocycles. The molecule has 1 unspecified atom stereocenters. The highest BCUT2D eigenvalue weighted by atomic mass is 16.3. The van der Waals surface area contributed by atoms with E-state index in [2.05, 4.69) is 11.6 Å². The van der Waals surface area contributed by atoms with Gasteiger partial charge in [-0.1, -0.05) is 6.08 Å². The molecule has 4 nitrogen and oxygen atoms in total. The van der Waals surface area contributed by atoms with Crippen molar-refractivity contribution in [2.75, 3.05) is 6.61 Å². The number of aromatic nitrogens is 2. The average Bonchev–Trinajstić information content (AvgIpc) is 2.10. The van der Waals surface area contributed by atoms with Crippen LogP contribution in [0, 0.1) is 0 Å². The molecule has 1 N–H and O–H groups in total. The smallest absolute Gasteiger partial charge is 0.348 e. The Labute approximate surface area is 69.8 Å². The Kier molecular flexibility index (Phi) is 2.76. The quantitative estimate of drug-likeness (QED) is 0.641. The molecule has 1 aromatic rings. The molecule has 1 rings (SSSR count). The van der Waals surface area contributed by atoms with Crippen LogP contribution in [0.2, 0.25) is 0 Å². The maximum absolute atomic E-state index is 11.1. The molecule has 0 aliphatic heterocycles. The third-order valence-electron chi connectivity index (χ3n) is 1.56. The molecule has 12 heavy (non-hydrogen) atoms. The van der Waals surface area contributed by atoms with E-state index in [1.54, 1.807) is 12.3 Å². The lowest BCUT2D eigenvalue weighted by molar-refractivity contribution is 0.250. The summed E-state index contributed by atoms with van der Waals surface area (Å²) in [5.41, 5.74) is -0.378. The fourth-order valence-corrected chi connectivity index (χ4v) is 0.897. The number of aliphatic hydroxyl groups is 1. The summed E-state index contributed by atoms with van der Waals surface area (Å²) in [7, 11) is 0. The molecule has 64 valence electrons. The van der Waals surface area contributed by atoms with Gasteiger partial charge in [0.2, 0.25) is 0 Å². The molecule has 0 radical (unpaired) electrons. The minimum atomic E-state index is -0.383. The highest BCUT2D eigenvalue weighted by molar-refractivity contribution is 4.91. The zero-order valence-electron chi connectivity index (χ0n) is 6.55. The van der Waals surface area contributed by atoms with Crippen molar-refractivity contribution in [3.63, 3.8) is 0 Å². The maximum atomic E-state index is 11.1. The second kappa shape index (κ2) is 3.82. The van der Waals surface area contributed by atoms with Gasteiger partial charge < -0.3 is 5.11 Å². The fourth-order valence-electron chi connectivity index (χ4n) is 0.897. The number of hydrogen-bond acceptors (Lipinski definition) is 3. The Balaban J connectivity index is 3.08. The summed E-state index contributed by atoms with van der Waals surface area (Å²) in [5.74, 6) is 0. The highest BCUT2D eigenvalue weighted by Gasteiger charge is 2.05. The van der Waals surface area contributed by atoms with Crippen molar-refractivity contribution in [1.29, 1.82) is 0 Å². The molecule has 1 aromatic heterocycles. The van der Waals surface area contributed by atoms with Gasteiger partial charge in [-0.25, -0.2) is 9.78 Å². The van der Waals surface area contributed by atoms with Crippen LogP contribution < -0.4 is 5.69 Å².